The van der Waals surface area contributed by atoms with Crippen molar-refractivity contribution in [1.82, 2.24) is 4.57 Å². The lowest BCUT2D eigenvalue weighted by atomic mass is 10.2. The van der Waals surface area contributed by atoms with Gasteiger partial charge in [-0.25, -0.2) is 0 Å². The molecule has 0 N–H and O–H groups in total. The second kappa shape index (κ2) is 7.08. The monoisotopic (exact) mass is 345 g/mol. The summed E-state index contributed by atoms with van der Waals surface area (Å²) in [7, 11) is 1.44. The molecule has 0 atom stereocenters. The second-order valence-electron chi connectivity index (χ2n) is 5.03. The lowest BCUT2D eigenvalue weighted by molar-refractivity contribution is -0.128. The summed E-state index contributed by atoms with van der Waals surface area (Å²) >= 11 is 5.81. The molecule has 1 aromatic heterocycles. The molecule has 0 amide bonds. The fourth-order valence-corrected chi connectivity index (χ4v) is 2.49. The van der Waals surface area contributed by atoms with Crippen LogP contribution in [0.5, 0.6) is 5.75 Å². The SMILES string of the molecule is Cn1c(CC(F)(F)F)cc(=O)c(OCc2ccccc2)c1CCl. The van der Waals surface area contributed by atoms with Gasteiger partial charge in [0.25, 0.3) is 0 Å². The van der Waals surface area contributed by atoms with Crippen LogP contribution in [-0.4, -0.2) is 10.7 Å². The van der Waals surface area contributed by atoms with Gasteiger partial charge in [0, 0.05) is 18.8 Å². The van der Waals surface area contributed by atoms with Crippen molar-refractivity contribution in [1.29, 1.82) is 0 Å². The van der Waals surface area contributed by atoms with E-state index in [1.54, 1.807) is 0 Å². The first-order chi connectivity index (χ1) is 10.8. The van der Waals surface area contributed by atoms with E-state index in [2.05, 4.69) is 0 Å². The zero-order valence-electron chi connectivity index (χ0n) is 12.4. The number of ether oxygens (including phenoxy) is 1. The molecule has 2 aromatic rings. The number of rotatable bonds is 5. The Hall–Kier alpha value is -1.95. The molecule has 0 unspecified atom stereocenters. The lowest BCUT2D eigenvalue weighted by Gasteiger charge is -2.18. The summed E-state index contributed by atoms with van der Waals surface area (Å²) in [6, 6.07) is 10.1. The van der Waals surface area contributed by atoms with Crippen LogP contribution >= 0.6 is 11.6 Å². The summed E-state index contributed by atoms with van der Waals surface area (Å²) in [6.07, 6.45) is -5.60. The first kappa shape index (κ1) is 17.4. The Bertz CT molecular complexity index is 727. The third-order valence-corrected chi connectivity index (χ3v) is 3.61. The topological polar surface area (TPSA) is 31.2 Å². The molecule has 0 bridgehead atoms. The van der Waals surface area contributed by atoms with E-state index in [-0.39, 0.29) is 29.6 Å². The second-order valence-corrected chi connectivity index (χ2v) is 5.30. The van der Waals surface area contributed by atoms with Gasteiger partial charge in [-0.2, -0.15) is 13.2 Å². The highest BCUT2D eigenvalue weighted by atomic mass is 35.5. The average Bonchev–Trinajstić information content (AvgIpc) is 2.48. The Labute approximate surface area is 136 Å². The lowest BCUT2D eigenvalue weighted by Crippen LogP contribution is -2.22. The normalized spacial score (nSPS) is 11.5. The number of aromatic nitrogens is 1. The highest BCUT2D eigenvalue weighted by molar-refractivity contribution is 6.17. The molecule has 23 heavy (non-hydrogen) atoms. The smallest absolute Gasteiger partial charge is 0.394 e. The van der Waals surface area contributed by atoms with E-state index in [0.717, 1.165) is 11.6 Å². The standard InChI is InChI=1S/C16H15ClF3NO2/c1-21-12(8-16(18,19)20)7-14(22)15(13(21)9-17)23-10-11-5-3-2-4-6-11/h2-7H,8-10H2,1H3. The molecule has 0 saturated heterocycles. The van der Waals surface area contributed by atoms with E-state index < -0.39 is 18.0 Å². The third-order valence-electron chi connectivity index (χ3n) is 3.35. The van der Waals surface area contributed by atoms with Gasteiger partial charge in [0.1, 0.15) is 6.61 Å². The van der Waals surface area contributed by atoms with Gasteiger partial charge in [-0.1, -0.05) is 30.3 Å². The highest BCUT2D eigenvalue weighted by Gasteiger charge is 2.30. The van der Waals surface area contributed by atoms with Crippen LogP contribution in [0.4, 0.5) is 13.2 Å². The van der Waals surface area contributed by atoms with E-state index in [1.807, 2.05) is 30.3 Å². The van der Waals surface area contributed by atoms with Crippen molar-refractivity contribution < 1.29 is 17.9 Å². The Morgan fingerprint density at radius 1 is 1.22 bits per heavy atom. The van der Waals surface area contributed by atoms with Crippen molar-refractivity contribution in [3.8, 4) is 5.75 Å². The van der Waals surface area contributed by atoms with Crippen LogP contribution in [-0.2, 0) is 26.0 Å². The quantitative estimate of drug-likeness (QED) is 0.772. The zero-order chi connectivity index (χ0) is 17.0. The van der Waals surface area contributed by atoms with Crippen LogP contribution in [0.3, 0.4) is 0 Å². The number of pyridine rings is 1. The van der Waals surface area contributed by atoms with Gasteiger partial charge in [-0.15, -0.1) is 11.6 Å². The van der Waals surface area contributed by atoms with Crippen molar-refractivity contribution >= 4 is 11.6 Å². The van der Waals surface area contributed by atoms with E-state index >= 15 is 0 Å². The van der Waals surface area contributed by atoms with E-state index in [9.17, 15) is 18.0 Å². The van der Waals surface area contributed by atoms with Crippen molar-refractivity contribution in [3.63, 3.8) is 0 Å². The number of hydrogen-bond acceptors (Lipinski definition) is 2. The molecule has 0 fully saturated rings. The average molecular weight is 346 g/mol. The van der Waals surface area contributed by atoms with Crippen LogP contribution in [0.2, 0.25) is 0 Å². The molecular formula is C16H15ClF3NO2. The molecule has 1 heterocycles. The molecule has 3 nitrogen and oxygen atoms in total. The first-order valence-corrected chi connectivity index (χ1v) is 7.36. The van der Waals surface area contributed by atoms with Gasteiger partial charge >= 0.3 is 6.18 Å². The minimum atomic E-state index is -4.40. The summed E-state index contributed by atoms with van der Waals surface area (Å²) in [5.74, 6) is -0.140. The molecule has 0 saturated carbocycles. The summed E-state index contributed by atoms with van der Waals surface area (Å²) in [5.41, 5.74) is 0.322. The van der Waals surface area contributed by atoms with Gasteiger partial charge in [0.2, 0.25) is 5.43 Å². The van der Waals surface area contributed by atoms with Gasteiger partial charge in [-0.3, -0.25) is 4.79 Å². The van der Waals surface area contributed by atoms with Crippen LogP contribution in [0.1, 0.15) is 17.0 Å². The van der Waals surface area contributed by atoms with Crippen molar-refractivity contribution in [2.24, 2.45) is 7.05 Å². The summed E-state index contributed by atoms with van der Waals surface area (Å²) in [6.45, 7) is 0.137. The number of benzene rings is 1. The van der Waals surface area contributed by atoms with Crippen LogP contribution < -0.4 is 10.2 Å². The van der Waals surface area contributed by atoms with Crippen LogP contribution in [0.25, 0.3) is 0 Å². The van der Waals surface area contributed by atoms with Gasteiger partial charge < -0.3 is 9.30 Å². The van der Waals surface area contributed by atoms with Gasteiger partial charge in [0.05, 0.1) is 18.0 Å². The number of alkyl halides is 4. The molecule has 0 aliphatic heterocycles. The van der Waals surface area contributed by atoms with E-state index in [1.165, 1.54) is 11.6 Å². The van der Waals surface area contributed by atoms with Crippen molar-refractivity contribution in [3.05, 3.63) is 63.6 Å². The zero-order valence-corrected chi connectivity index (χ0v) is 13.1. The van der Waals surface area contributed by atoms with E-state index in [4.69, 9.17) is 16.3 Å². The molecule has 124 valence electrons. The maximum Gasteiger partial charge on any atom is 0.394 e. The maximum atomic E-state index is 12.6. The molecular weight excluding hydrogens is 331 g/mol. The fraction of sp³-hybridized carbons (Fsp3) is 0.312. The molecule has 0 spiro atoms. The fourth-order valence-electron chi connectivity index (χ4n) is 2.19. The number of hydrogen-bond donors (Lipinski definition) is 0. The molecule has 1 aromatic carbocycles. The Kier molecular flexibility index (Phi) is 5.36. The first-order valence-electron chi connectivity index (χ1n) is 6.83. The molecule has 0 radical (unpaired) electrons. The van der Waals surface area contributed by atoms with Crippen LogP contribution in [0, 0.1) is 0 Å². The third kappa shape index (κ3) is 4.51. The molecule has 0 aliphatic carbocycles. The summed E-state index contributed by atoms with van der Waals surface area (Å²) in [4.78, 5) is 12.1. The Morgan fingerprint density at radius 2 is 1.87 bits per heavy atom. The Balaban J connectivity index is 2.33. The van der Waals surface area contributed by atoms with Gasteiger partial charge in [0.15, 0.2) is 5.75 Å². The molecule has 7 heteroatoms. The number of halogens is 4. The minimum Gasteiger partial charge on any atom is -0.483 e. The summed E-state index contributed by atoms with van der Waals surface area (Å²) < 4.78 is 44.5. The summed E-state index contributed by atoms with van der Waals surface area (Å²) in [5, 5.41) is 0. The minimum absolute atomic E-state index is 0.0164. The van der Waals surface area contributed by atoms with Gasteiger partial charge in [-0.05, 0) is 5.56 Å². The highest BCUT2D eigenvalue weighted by Crippen LogP contribution is 2.24. The maximum absolute atomic E-state index is 12.6. The van der Waals surface area contributed by atoms with Crippen molar-refractivity contribution in [2.75, 3.05) is 0 Å². The number of nitrogens with zero attached hydrogens (tertiary/aromatic N) is 1. The molecule has 2 rings (SSSR count). The van der Waals surface area contributed by atoms with E-state index in [0.29, 0.717) is 0 Å². The predicted molar refractivity (Wildman–Crippen MR) is 81.8 cm³/mol. The Morgan fingerprint density at radius 3 is 2.43 bits per heavy atom. The molecule has 0 aliphatic rings. The largest absolute Gasteiger partial charge is 0.483 e. The van der Waals surface area contributed by atoms with Crippen LogP contribution in [0.15, 0.2) is 41.2 Å². The van der Waals surface area contributed by atoms with Crippen molar-refractivity contribution in [2.45, 2.75) is 25.1 Å². The predicted octanol–water partition coefficient (Wildman–Crippen LogP) is 3.81.